The highest BCUT2D eigenvalue weighted by molar-refractivity contribution is 5.96. The van der Waals surface area contributed by atoms with Gasteiger partial charge in [0.1, 0.15) is 12.1 Å². The van der Waals surface area contributed by atoms with E-state index < -0.39 is 29.9 Å². The first-order valence-electron chi connectivity index (χ1n) is 18.0. The molecule has 0 aliphatic carbocycles. The Morgan fingerprint density at radius 2 is 1.48 bits per heavy atom. The third kappa shape index (κ3) is 12.2. The van der Waals surface area contributed by atoms with Gasteiger partial charge in [-0.05, 0) is 61.3 Å². The number of rotatable bonds is 14. The van der Waals surface area contributed by atoms with Crippen LogP contribution in [0.3, 0.4) is 0 Å². The Kier molecular flexibility index (Phi) is 14.3. The largest absolute Gasteiger partial charge is 0.355 e. The summed E-state index contributed by atoms with van der Waals surface area (Å²) in [6.07, 6.45) is 4.67. The van der Waals surface area contributed by atoms with Gasteiger partial charge in [0.2, 0.25) is 23.6 Å². The van der Waals surface area contributed by atoms with Gasteiger partial charge in [0.15, 0.2) is 0 Å². The maximum Gasteiger partial charge on any atom is 0.318 e. The first kappa shape index (κ1) is 39.5. The molecule has 2 aromatic carbocycles. The minimum absolute atomic E-state index is 0.0535. The standard InChI is InChI=1S/C40H53N7O5/c1-28(30-15-10-7-11-16-30)43-36(49)33(19-18-29-13-8-6-9-14-29)44-37(50)34(25-35(48)42-27-40(2,3)4)45-39(52)47-23-20-31(21-24-47)38(51)46(5)32-17-12-22-41-26-32/h6-17,22,26,28,31,33-34H,18-21,23-25,27H2,1-5H3,(H,42,48)(H,43,49)(H,44,50)(H,45,52)/t28-,33-,34-/m0/s1. The lowest BCUT2D eigenvalue weighted by Crippen LogP contribution is -2.57. The second-order valence-corrected chi connectivity index (χ2v) is 14.6. The van der Waals surface area contributed by atoms with Gasteiger partial charge in [-0.1, -0.05) is 81.4 Å². The van der Waals surface area contributed by atoms with Gasteiger partial charge in [0, 0.05) is 38.8 Å². The average Bonchev–Trinajstić information content (AvgIpc) is 3.15. The highest BCUT2D eigenvalue weighted by Crippen LogP contribution is 2.22. The molecule has 1 fully saturated rings. The van der Waals surface area contributed by atoms with Gasteiger partial charge >= 0.3 is 6.03 Å². The second kappa shape index (κ2) is 18.8. The van der Waals surface area contributed by atoms with E-state index in [1.807, 2.05) is 94.4 Å². The fourth-order valence-corrected chi connectivity index (χ4v) is 5.99. The van der Waals surface area contributed by atoms with Crippen molar-refractivity contribution in [3.05, 3.63) is 96.3 Å². The van der Waals surface area contributed by atoms with Gasteiger partial charge in [-0.25, -0.2) is 4.79 Å². The van der Waals surface area contributed by atoms with Gasteiger partial charge < -0.3 is 31.1 Å². The molecule has 6 amide bonds. The third-order valence-corrected chi connectivity index (χ3v) is 9.17. The second-order valence-electron chi connectivity index (χ2n) is 14.6. The van der Waals surface area contributed by atoms with Crippen molar-refractivity contribution in [2.75, 3.05) is 31.6 Å². The molecule has 4 N–H and O–H groups in total. The molecule has 2 heterocycles. The van der Waals surface area contributed by atoms with E-state index in [1.165, 1.54) is 0 Å². The van der Waals surface area contributed by atoms with Gasteiger partial charge in [-0.2, -0.15) is 0 Å². The lowest BCUT2D eigenvalue weighted by Gasteiger charge is -2.34. The highest BCUT2D eigenvalue weighted by atomic mass is 16.2. The van der Waals surface area contributed by atoms with E-state index in [2.05, 4.69) is 26.3 Å². The molecule has 0 radical (unpaired) electrons. The molecule has 4 rings (SSSR count). The first-order chi connectivity index (χ1) is 24.8. The Morgan fingerprint density at radius 3 is 2.10 bits per heavy atom. The van der Waals surface area contributed by atoms with Crippen molar-refractivity contribution in [1.29, 1.82) is 0 Å². The summed E-state index contributed by atoms with van der Waals surface area (Å²) in [5.74, 6) is -1.74. The average molecular weight is 712 g/mol. The number of piperidine rings is 1. The smallest absolute Gasteiger partial charge is 0.318 e. The molecule has 1 aliphatic rings. The summed E-state index contributed by atoms with van der Waals surface area (Å²) < 4.78 is 0. The fourth-order valence-electron chi connectivity index (χ4n) is 5.99. The molecule has 1 saturated heterocycles. The van der Waals surface area contributed by atoms with E-state index in [1.54, 1.807) is 35.3 Å². The lowest BCUT2D eigenvalue weighted by molar-refractivity contribution is -0.132. The minimum atomic E-state index is -1.25. The van der Waals surface area contributed by atoms with E-state index in [-0.39, 0.29) is 35.6 Å². The van der Waals surface area contributed by atoms with Crippen molar-refractivity contribution in [3.63, 3.8) is 0 Å². The van der Waals surface area contributed by atoms with E-state index >= 15 is 0 Å². The number of likely N-dealkylation sites (tertiary alicyclic amines) is 1. The molecule has 12 heteroatoms. The topological polar surface area (TPSA) is 153 Å². The molecular weight excluding hydrogens is 658 g/mol. The highest BCUT2D eigenvalue weighted by Gasteiger charge is 2.33. The zero-order chi connectivity index (χ0) is 37.7. The monoisotopic (exact) mass is 711 g/mol. The summed E-state index contributed by atoms with van der Waals surface area (Å²) >= 11 is 0. The summed E-state index contributed by atoms with van der Waals surface area (Å²) in [6.45, 7) is 8.79. The zero-order valence-electron chi connectivity index (χ0n) is 30.9. The number of aromatic nitrogens is 1. The van der Waals surface area contributed by atoms with Crippen molar-refractivity contribution in [3.8, 4) is 0 Å². The molecule has 278 valence electrons. The summed E-state index contributed by atoms with van der Waals surface area (Å²) in [5.41, 5.74) is 2.42. The van der Waals surface area contributed by atoms with Crippen molar-refractivity contribution in [1.82, 2.24) is 31.2 Å². The number of carbonyl (C=O) groups excluding carboxylic acids is 5. The van der Waals surface area contributed by atoms with Crippen LogP contribution in [-0.4, -0.2) is 78.3 Å². The van der Waals surface area contributed by atoms with Crippen LogP contribution in [0.5, 0.6) is 0 Å². The summed E-state index contributed by atoms with van der Waals surface area (Å²) in [4.78, 5) is 74.8. The summed E-state index contributed by atoms with van der Waals surface area (Å²) in [5, 5.41) is 11.5. The van der Waals surface area contributed by atoms with Crippen molar-refractivity contribution in [2.24, 2.45) is 11.3 Å². The lowest BCUT2D eigenvalue weighted by atomic mass is 9.95. The number of anilines is 1. The number of benzene rings is 2. The number of hydrogen-bond acceptors (Lipinski definition) is 6. The van der Waals surface area contributed by atoms with Crippen LogP contribution in [0.15, 0.2) is 85.2 Å². The van der Waals surface area contributed by atoms with Crippen LogP contribution in [0.1, 0.15) is 70.5 Å². The first-order valence-corrected chi connectivity index (χ1v) is 18.0. The zero-order valence-corrected chi connectivity index (χ0v) is 30.9. The summed E-state index contributed by atoms with van der Waals surface area (Å²) in [6, 6.07) is 19.8. The van der Waals surface area contributed by atoms with Crippen LogP contribution in [-0.2, 0) is 25.6 Å². The molecule has 0 bridgehead atoms. The van der Waals surface area contributed by atoms with Crippen molar-refractivity contribution < 1.29 is 24.0 Å². The molecule has 0 unspecified atom stereocenters. The molecule has 0 saturated carbocycles. The summed E-state index contributed by atoms with van der Waals surface area (Å²) in [7, 11) is 1.71. The minimum Gasteiger partial charge on any atom is -0.355 e. The number of amides is 6. The molecule has 1 aromatic heterocycles. The van der Waals surface area contributed by atoms with Crippen LogP contribution in [0, 0.1) is 11.3 Å². The number of nitrogens with zero attached hydrogens (tertiary/aromatic N) is 3. The van der Waals surface area contributed by atoms with Gasteiger partial charge in [-0.15, -0.1) is 0 Å². The van der Waals surface area contributed by atoms with Crippen molar-refractivity contribution >= 4 is 35.3 Å². The van der Waals surface area contributed by atoms with E-state index in [9.17, 15) is 24.0 Å². The number of urea groups is 1. The Morgan fingerprint density at radius 1 is 0.846 bits per heavy atom. The Bertz CT molecular complexity index is 1620. The van der Waals surface area contributed by atoms with Crippen LogP contribution in [0.25, 0.3) is 0 Å². The van der Waals surface area contributed by atoms with Crippen molar-refractivity contribution in [2.45, 2.75) is 77.9 Å². The van der Waals surface area contributed by atoms with Gasteiger partial charge in [0.05, 0.1) is 24.3 Å². The maximum atomic E-state index is 14.0. The normalized spacial score (nSPS) is 15.1. The fraction of sp³-hybridized carbons (Fsp3) is 0.450. The predicted molar refractivity (Wildman–Crippen MR) is 201 cm³/mol. The maximum absolute atomic E-state index is 14.0. The van der Waals surface area contributed by atoms with Gasteiger partial charge in [-0.3, -0.25) is 24.2 Å². The molecule has 3 aromatic rings. The predicted octanol–water partition coefficient (Wildman–Crippen LogP) is 4.38. The number of nitrogens with one attached hydrogen (secondary N) is 4. The number of aryl methyl sites for hydroxylation is 1. The molecule has 12 nitrogen and oxygen atoms in total. The van der Waals surface area contributed by atoms with Crippen LogP contribution in [0.2, 0.25) is 0 Å². The molecule has 52 heavy (non-hydrogen) atoms. The van der Waals surface area contributed by atoms with E-state index in [0.29, 0.717) is 51.0 Å². The Labute approximate surface area is 307 Å². The Balaban J connectivity index is 1.45. The molecule has 3 atom stereocenters. The van der Waals surface area contributed by atoms with E-state index in [4.69, 9.17) is 0 Å². The van der Waals surface area contributed by atoms with Crippen LogP contribution < -0.4 is 26.2 Å². The number of carbonyl (C=O) groups is 5. The molecular formula is C40H53N7O5. The van der Waals surface area contributed by atoms with Crippen LogP contribution >= 0.6 is 0 Å². The van der Waals surface area contributed by atoms with Crippen LogP contribution in [0.4, 0.5) is 10.5 Å². The SMILES string of the molecule is C[C@H](NC(=O)[C@H](CCc1ccccc1)NC(=O)[C@H](CC(=O)NCC(C)(C)C)NC(=O)N1CCC(C(=O)N(C)c2cccnc2)CC1)c1ccccc1. The third-order valence-electron chi connectivity index (χ3n) is 9.17. The van der Waals surface area contributed by atoms with Gasteiger partial charge in [0.25, 0.3) is 0 Å². The number of pyridine rings is 1. The number of hydrogen-bond donors (Lipinski definition) is 4. The molecule has 0 spiro atoms. The Hall–Kier alpha value is -5.26. The quantitative estimate of drug-likeness (QED) is 0.195. The van der Waals surface area contributed by atoms with E-state index in [0.717, 1.165) is 11.1 Å². The molecule has 1 aliphatic heterocycles.